The Kier molecular flexibility index (Phi) is 26.7. The van der Waals surface area contributed by atoms with Crippen LogP contribution < -0.4 is 0 Å². The summed E-state index contributed by atoms with van der Waals surface area (Å²) in [5.74, 6) is -2.94. The molecule has 0 amide bonds. The summed E-state index contributed by atoms with van der Waals surface area (Å²) in [5.41, 5.74) is 0. The van der Waals surface area contributed by atoms with Crippen molar-refractivity contribution < 1.29 is 38.5 Å². The Morgan fingerprint density at radius 3 is 1.28 bits per heavy atom. The fourth-order valence-corrected chi connectivity index (χ4v) is 6.01. The predicted octanol–water partition coefficient (Wildman–Crippen LogP) is 9.26. The van der Waals surface area contributed by atoms with E-state index in [1.54, 1.807) is 0 Å². The molecule has 0 aromatic rings. The van der Waals surface area contributed by atoms with Gasteiger partial charge in [0.1, 0.15) is 6.61 Å². The first kappa shape index (κ1) is 42.1. The van der Waals surface area contributed by atoms with Gasteiger partial charge in [0.2, 0.25) is 18.0 Å². The molecule has 1 aliphatic heterocycles. The van der Waals surface area contributed by atoms with E-state index in [1.165, 1.54) is 122 Å². The second kappa shape index (κ2) is 29.2. The van der Waals surface area contributed by atoms with E-state index in [4.69, 9.17) is 14.2 Å². The van der Waals surface area contributed by atoms with Crippen molar-refractivity contribution in [2.24, 2.45) is 0 Å². The molecule has 1 N–H and O–H groups in total. The summed E-state index contributed by atoms with van der Waals surface area (Å²) in [4.78, 5) is 49.0. The summed E-state index contributed by atoms with van der Waals surface area (Å²) in [6.45, 7) is 4.09. The summed E-state index contributed by atoms with van der Waals surface area (Å²) >= 11 is 0. The Hall–Kier alpha value is -1.96. The van der Waals surface area contributed by atoms with E-state index in [0.717, 1.165) is 32.1 Å². The maximum absolute atomic E-state index is 12.6. The molecule has 1 heterocycles. The number of aliphatic hydroxyl groups excluding tert-OH is 1. The second-order valence-corrected chi connectivity index (χ2v) is 13.4. The highest BCUT2D eigenvalue weighted by molar-refractivity contribution is 6.09. The average Bonchev–Trinajstić information content (AvgIpc) is 3.30. The number of carbonyl (C=O) groups excluding carboxylic acids is 4. The normalized spacial score (nSPS) is 16.8. The van der Waals surface area contributed by atoms with Crippen LogP contribution in [-0.4, -0.2) is 53.7 Å². The van der Waals surface area contributed by atoms with Crippen LogP contribution in [0.1, 0.15) is 194 Å². The lowest BCUT2D eigenvalue weighted by molar-refractivity contribution is -0.172. The smallest absolute Gasteiger partial charge is 0.343 e. The molecule has 1 aliphatic rings. The molecule has 46 heavy (non-hydrogen) atoms. The molecular weight excluding hydrogens is 584 g/mol. The van der Waals surface area contributed by atoms with Crippen LogP contribution in [0.4, 0.5) is 0 Å². The van der Waals surface area contributed by atoms with Gasteiger partial charge in [0.05, 0.1) is 0 Å². The largest absolute Gasteiger partial charge is 0.462 e. The third kappa shape index (κ3) is 21.8. The minimum atomic E-state index is -1.91. The van der Waals surface area contributed by atoms with Gasteiger partial charge in [-0.2, -0.15) is 0 Å². The molecule has 0 aromatic heterocycles. The minimum absolute atomic E-state index is 0.165. The highest BCUT2D eigenvalue weighted by Crippen LogP contribution is 2.20. The van der Waals surface area contributed by atoms with Gasteiger partial charge >= 0.3 is 17.9 Å². The number of hydrogen-bond acceptors (Lipinski definition) is 8. The van der Waals surface area contributed by atoms with Gasteiger partial charge in [-0.15, -0.1) is 0 Å². The number of ketones is 1. The van der Waals surface area contributed by atoms with E-state index < -0.39 is 48.6 Å². The number of carbonyl (C=O) groups is 4. The van der Waals surface area contributed by atoms with Crippen molar-refractivity contribution in [2.45, 2.75) is 212 Å². The first-order chi connectivity index (χ1) is 22.4. The van der Waals surface area contributed by atoms with Crippen LogP contribution in [0.3, 0.4) is 0 Å². The molecule has 3 atom stereocenters. The van der Waals surface area contributed by atoms with Crippen LogP contribution in [0.15, 0.2) is 0 Å². The molecular formula is C38H68O8. The van der Waals surface area contributed by atoms with Crippen LogP contribution in [0, 0.1) is 0 Å². The molecule has 268 valence electrons. The van der Waals surface area contributed by atoms with Crippen molar-refractivity contribution in [1.82, 2.24) is 0 Å². The summed E-state index contributed by atoms with van der Waals surface area (Å²) in [6.07, 6.45) is 27.0. The maximum Gasteiger partial charge on any atom is 0.343 e. The molecule has 0 aliphatic carbocycles. The lowest BCUT2D eigenvalue weighted by atomic mass is 10.0. The molecule has 1 unspecified atom stereocenters. The Morgan fingerprint density at radius 2 is 0.935 bits per heavy atom. The topological polar surface area (TPSA) is 116 Å². The maximum atomic E-state index is 12.6. The number of rotatable bonds is 32. The van der Waals surface area contributed by atoms with Crippen molar-refractivity contribution in [3.05, 3.63) is 0 Å². The van der Waals surface area contributed by atoms with Crippen molar-refractivity contribution in [3.8, 4) is 0 Å². The number of hydrogen-bond donors (Lipinski definition) is 1. The van der Waals surface area contributed by atoms with Crippen LogP contribution >= 0.6 is 0 Å². The summed E-state index contributed by atoms with van der Waals surface area (Å²) < 4.78 is 15.8. The number of esters is 3. The summed E-state index contributed by atoms with van der Waals surface area (Å²) in [7, 11) is 0. The molecule has 0 radical (unpaired) electrons. The van der Waals surface area contributed by atoms with Gasteiger partial charge in [-0.25, -0.2) is 4.79 Å². The summed E-state index contributed by atoms with van der Waals surface area (Å²) in [6, 6.07) is 0. The summed E-state index contributed by atoms with van der Waals surface area (Å²) in [5, 5.41) is 9.75. The van der Waals surface area contributed by atoms with E-state index in [0.29, 0.717) is 12.8 Å². The zero-order valence-electron chi connectivity index (χ0n) is 29.5. The fourth-order valence-electron chi connectivity index (χ4n) is 6.01. The first-order valence-electron chi connectivity index (χ1n) is 19.2. The Morgan fingerprint density at radius 1 is 0.587 bits per heavy atom. The molecule has 1 fully saturated rings. The number of cyclic esters (lactones) is 1. The number of ether oxygens (including phenoxy) is 3. The van der Waals surface area contributed by atoms with Gasteiger partial charge in [0.15, 0.2) is 6.10 Å². The van der Waals surface area contributed by atoms with Gasteiger partial charge in [0.25, 0.3) is 0 Å². The lowest BCUT2D eigenvalue weighted by Gasteiger charge is -2.21. The molecule has 8 nitrogen and oxygen atoms in total. The standard InChI is InChI=1S/C38H68O8/c1-3-5-7-9-11-13-15-17-19-21-23-25-27-29-33(39)44-31-32(37-35(41)36(42)38(43)46-37)45-34(40)30-28-26-24-22-20-18-16-14-12-10-8-6-4-2/h32,36-37,42H,3-31H2,1-2H3/t32-,36?,37+/m0/s1. The number of aliphatic hydroxyl groups is 1. The van der Waals surface area contributed by atoms with Crippen LogP contribution in [0.25, 0.3) is 0 Å². The van der Waals surface area contributed by atoms with E-state index in [1.807, 2.05) is 0 Å². The Labute approximate surface area is 280 Å². The third-order valence-corrected chi connectivity index (χ3v) is 9.01. The zero-order chi connectivity index (χ0) is 33.7. The van der Waals surface area contributed by atoms with Crippen molar-refractivity contribution in [2.75, 3.05) is 6.61 Å². The number of unbranched alkanes of at least 4 members (excludes halogenated alkanes) is 24. The predicted molar refractivity (Wildman–Crippen MR) is 182 cm³/mol. The van der Waals surface area contributed by atoms with E-state index in [9.17, 15) is 24.3 Å². The fraction of sp³-hybridized carbons (Fsp3) is 0.895. The molecule has 1 saturated heterocycles. The molecule has 1 rings (SSSR count). The molecule has 8 heteroatoms. The quantitative estimate of drug-likeness (QED) is 0.0331. The van der Waals surface area contributed by atoms with Gasteiger partial charge in [-0.1, -0.05) is 168 Å². The molecule has 0 bridgehead atoms. The van der Waals surface area contributed by atoms with Crippen molar-refractivity contribution in [1.29, 1.82) is 0 Å². The SMILES string of the molecule is CCCCCCCCCCCCCCCC(=O)OC[C@H](OC(=O)CCCCCCCCCCCCCCC)[C@H]1OC(=O)C(O)C1=O. The number of Topliss-reactive ketones (excluding diaryl/α,β-unsaturated/α-hetero) is 1. The van der Waals surface area contributed by atoms with Gasteiger partial charge in [-0.3, -0.25) is 14.4 Å². The minimum Gasteiger partial charge on any atom is -0.462 e. The third-order valence-electron chi connectivity index (χ3n) is 9.01. The van der Waals surface area contributed by atoms with Gasteiger partial charge < -0.3 is 19.3 Å². The zero-order valence-corrected chi connectivity index (χ0v) is 29.5. The Balaban J connectivity index is 2.21. The van der Waals surface area contributed by atoms with Crippen LogP contribution in [0.2, 0.25) is 0 Å². The molecule has 0 aromatic carbocycles. The highest BCUT2D eigenvalue weighted by atomic mass is 16.6. The highest BCUT2D eigenvalue weighted by Gasteiger charge is 2.48. The average molecular weight is 653 g/mol. The van der Waals surface area contributed by atoms with Gasteiger partial charge in [-0.05, 0) is 12.8 Å². The second-order valence-electron chi connectivity index (χ2n) is 13.4. The van der Waals surface area contributed by atoms with E-state index >= 15 is 0 Å². The first-order valence-corrected chi connectivity index (χ1v) is 19.2. The lowest BCUT2D eigenvalue weighted by Crippen LogP contribution is -2.41. The molecule has 0 spiro atoms. The van der Waals surface area contributed by atoms with E-state index in [2.05, 4.69) is 13.8 Å². The molecule has 0 saturated carbocycles. The van der Waals surface area contributed by atoms with Crippen molar-refractivity contribution in [3.63, 3.8) is 0 Å². The van der Waals surface area contributed by atoms with E-state index in [-0.39, 0.29) is 12.8 Å². The monoisotopic (exact) mass is 652 g/mol. The van der Waals surface area contributed by atoms with Crippen LogP contribution in [0.5, 0.6) is 0 Å². The Bertz CT molecular complexity index is 798. The van der Waals surface area contributed by atoms with Gasteiger partial charge in [0, 0.05) is 12.8 Å². The van der Waals surface area contributed by atoms with Crippen molar-refractivity contribution >= 4 is 23.7 Å². The van der Waals surface area contributed by atoms with Crippen LogP contribution in [-0.2, 0) is 33.4 Å².